The maximum absolute atomic E-state index is 12.6. The molecule has 168 valence electrons. The van der Waals surface area contributed by atoms with Gasteiger partial charge in [0, 0.05) is 37.8 Å². The van der Waals surface area contributed by atoms with Crippen molar-refractivity contribution in [2.24, 2.45) is 0 Å². The molecule has 2 fully saturated rings. The van der Waals surface area contributed by atoms with Crippen LogP contribution in [0.5, 0.6) is 5.75 Å². The number of carbonyl (C=O) groups excluding carboxylic acids is 1. The Morgan fingerprint density at radius 3 is 2.72 bits per heavy atom. The summed E-state index contributed by atoms with van der Waals surface area (Å²) in [5.41, 5.74) is 0.770. The molecule has 4 rings (SSSR count). The van der Waals surface area contributed by atoms with Crippen LogP contribution < -0.4 is 20.3 Å². The van der Waals surface area contributed by atoms with Gasteiger partial charge >= 0.3 is 0 Å². The van der Waals surface area contributed by atoms with Crippen LogP contribution in [0.4, 0.5) is 5.82 Å². The number of aromatic nitrogens is 2. The molecule has 1 saturated heterocycles. The van der Waals surface area contributed by atoms with E-state index in [1.54, 1.807) is 24.3 Å². The summed E-state index contributed by atoms with van der Waals surface area (Å²) in [4.78, 5) is 14.8. The normalized spacial score (nSPS) is 23.3. The first-order valence-corrected chi connectivity index (χ1v) is 11.4. The summed E-state index contributed by atoms with van der Waals surface area (Å²) in [6.07, 6.45) is 3.36. The summed E-state index contributed by atoms with van der Waals surface area (Å²) in [5, 5.41) is 24.2. The van der Waals surface area contributed by atoms with E-state index >= 15 is 0 Å². The molecule has 9 heteroatoms. The molecular weight excluding hydrogens is 428 g/mol. The van der Waals surface area contributed by atoms with Gasteiger partial charge in [-0.1, -0.05) is 11.6 Å². The standard InChI is InChI=1S/C23H27ClN6O2/c1-15-14-26-10-11-30(15)22-9-8-21(28-29-22)23(31)27-17-3-6-18(7-4-17)32-19-5-2-16(13-25)20(24)12-19/h2,5,8-9,12,15,17-18,26H,3-4,6-7,10-11,14H2,1H3,(H,27,31). The van der Waals surface area contributed by atoms with Crippen LogP contribution in [0.3, 0.4) is 0 Å². The highest BCUT2D eigenvalue weighted by Gasteiger charge is 2.25. The second kappa shape index (κ2) is 10.2. The van der Waals surface area contributed by atoms with Gasteiger partial charge in [0.05, 0.1) is 16.7 Å². The van der Waals surface area contributed by atoms with Crippen molar-refractivity contribution >= 4 is 23.3 Å². The van der Waals surface area contributed by atoms with Gasteiger partial charge < -0.3 is 20.3 Å². The van der Waals surface area contributed by atoms with Gasteiger partial charge in [0.2, 0.25) is 0 Å². The zero-order valence-electron chi connectivity index (χ0n) is 18.1. The number of nitrogens with zero attached hydrogens (tertiary/aromatic N) is 4. The second-order valence-electron chi connectivity index (χ2n) is 8.34. The van der Waals surface area contributed by atoms with E-state index < -0.39 is 0 Å². The molecule has 2 aromatic rings. The Labute approximate surface area is 192 Å². The number of carbonyl (C=O) groups is 1. The van der Waals surface area contributed by atoms with Crippen molar-refractivity contribution < 1.29 is 9.53 Å². The second-order valence-corrected chi connectivity index (χ2v) is 8.75. The summed E-state index contributed by atoms with van der Waals surface area (Å²) in [5.74, 6) is 1.27. The summed E-state index contributed by atoms with van der Waals surface area (Å²) in [7, 11) is 0. The highest BCUT2D eigenvalue weighted by Crippen LogP contribution is 2.27. The van der Waals surface area contributed by atoms with Crippen molar-refractivity contribution in [3.63, 3.8) is 0 Å². The number of nitrogens with one attached hydrogen (secondary N) is 2. The number of halogens is 1. The number of ether oxygens (including phenoxy) is 1. The number of nitriles is 1. The summed E-state index contributed by atoms with van der Waals surface area (Å²) >= 11 is 6.08. The minimum atomic E-state index is -0.194. The first-order chi connectivity index (χ1) is 15.5. The molecule has 1 atom stereocenters. The van der Waals surface area contributed by atoms with Crippen LogP contribution in [0.15, 0.2) is 30.3 Å². The fraction of sp³-hybridized carbons (Fsp3) is 0.478. The Morgan fingerprint density at radius 1 is 1.25 bits per heavy atom. The molecule has 1 amide bonds. The minimum Gasteiger partial charge on any atom is -0.490 e. The maximum Gasteiger partial charge on any atom is 0.272 e. The van der Waals surface area contributed by atoms with Crippen LogP contribution in [0.2, 0.25) is 5.02 Å². The largest absolute Gasteiger partial charge is 0.490 e. The lowest BCUT2D eigenvalue weighted by molar-refractivity contribution is 0.0888. The van der Waals surface area contributed by atoms with Crippen molar-refractivity contribution in [1.29, 1.82) is 5.26 Å². The third kappa shape index (κ3) is 5.29. The SMILES string of the molecule is CC1CNCCN1c1ccc(C(=O)NC2CCC(Oc3ccc(C#N)c(Cl)c3)CC2)nn1. The van der Waals surface area contributed by atoms with E-state index in [0.717, 1.165) is 51.1 Å². The smallest absolute Gasteiger partial charge is 0.272 e. The molecule has 1 aliphatic carbocycles. The lowest BCUT2D eigenvalue weighted by Gasteiger charge is -2.34. The number of rotatable bonds is 5. The number of benzene rings is 1. The van der Waals surface area contributed by atoms with Crippen molar-refractivity contribution in [3.05, 3.63) is 46.6 Å². The molecule has 2 N–H and O–H groups in total. The van der Waals surface area contributed by atoms with Crippen LogP contribution in [0, 0.1) is 11.3 Å². The first kappa shape index (κ1) is 22.3. The van der Waals surface area contributed by atoms with Gasteiger partial charge in [-0.3, -0.25) is 4.79 Å². The Balaban J connectivity index is 1.26. The lowest BCUT2D eigenvalue weighted by atomic mass is 9.93. The van der Waals surface area contributed by atoms with Crippen molar-refractivity contribution in [3.8, 4) is 11.8 Å². The number of anilines is 1. The van der Waals surface area contributed by atoms with Crippen LogP contribution >= 0.6 is 11.6 Å². The van der Waals surface area contributed by atoms with E-state index in [1.165, 1.54) is 0 Å². The molecule has 0 spiro atoms. The minimum absolute atomic E-state index is 0.0623. The molecule has 8 nitrogen and oxygen atoms in total. The summed E-state index contributed by atoms with van der Waals surface area (Å²) < 4.78 is 6.01. The van der Waals surface area contributed by atoms with E-state index in [9.17, 15) is 4.79 Å². The molecule has 1 aromatic carbocycles. The van der Waals surface area contributed by atoms with Crippen LogP contribution in [-0.2, 0) is 0 Å². The molecule has 1 unspecified atom stereocenters. The fourth-order valence-corrected chi connectivity index (χ4v) is 4.43. The summed E-state index contributed by atoms with van der Waals surface area (Å²) in [6.45, 7) is 4.85. The van der Waals surface area contributed by atoms with Gasteiger partial charge in [-0.15, -0.1) is 10.2 Å². The molecule has 2 heterocycles. The Bertz CT molecular complexity index is 985. The van der Waals surface area contributed by atoms with Gasteiger partial charge in [-0.2, -0.15) is 5.26 Å². The van der Waals surface area contributed by atoms with Gasteiger partial charge in [-0.05, 0) is 56.9 Å². The van der Waals surface area contributed by atoms with E-state index in [0.29, 0.717) is 28.1 Å². The molecule has 0 bridgehead atoms. The molecule has 1 aliphatic heterocycles. The number of piperazine rings is 1. The molecule has 32 heavy (non-hydrogen) atoms. The van der Waals surface area contributed by atoms with Crippen molar-refractivity contribution in [2.75, 3.05) is 24.5 Å². The average molecular weight is 455 g/mol. The topological polar surface area (TPSA) is 103 Å². The zero-order chi connectivity index (χ0) is 22.5. The van der Waals surface area contributed by atoms with Crippen LogP contribution in [0.1, 0.15) is 48.7 Å². The first-order valence-electron chi connectivity index (χ1n) is 11.0. The van der Waals surface area contributed by atoms with E-state index in [-0.39, 0.29) is 18.1 Å². The fourth-order valence-electron chi connectivity index (χ4n) is 4.22. The predicted molar refractivity (Wildman–Crippen MR) is 122 cm³/mol. The highest BCUT2D eigenvalue weighted by molar-refractivity contribution is 6.31. The average Bonchev–Trinajstić information content (AvgIpc) is 2.81. The van der Waals surface area contributed by atoms with Gasteiger partial charge in [-0.25, -0.2) is 0 Å². The zero-order valence-corrected chi connectivity index (χ0v) is 18.8. The van der Waals surface area contributed by atoms with E-state index in [4.69, 9.17) is 21.6 Å². The van der Waals surface area contributed by atoms with Gasteiger partial charge in [0.25, 0.3) is 5.91 Å². The van der Waals surface area contributed by atoms with Crippen molar-refractivity contribution in [2.45, 2.75) is 50.8 Å². The number of hydrogen-bond acceptors (Lipinski definition) is 7. The molecular formula is C23H27ClN6O2. The third-order valence-corrected chi connectivity index (χ3v) is 6.36. The van der Waals surface area contributed by atoms with Gasteiger partial charge in [0.1, 0.15) is 11.8 Å². The molecule has 0 radical (unpaired) electrons. The molecule has 1 saturated carbocycles. The Kier molecular flexibility index (Phi) is 7.08. The monoisotopic (exact) mass is 454 g/mol. The number of amides is 1. The van der Waals surface area contributed by atoms with E-state index in [1.807, 2.05) is 12.1 Å². The molecule has 1 aromatic heterocycles. The summed E-state index contributed by atoms with van der Waals surface area (Å²) in [6, 6.07) is 11.2. The maximum atomic E-state index is 12.6. The third-order valence-electron chi connectivity index (χ3n) is 6.05. The lowest BCUT2D eigenvalue weighted by Crippen LogP contribution is -2.50. The highest BCUT2D eigenvalue weighted by atomic mass is 35.5. The Morgan fingerprint density at radius 2 is 2.06 bits per heavy atom. The van der Waals surface area contributed by atoms with E-state index in [2.05, 4.69) is 32.7 Å². The Hall–Kier alpha value is -2.89. The van der Waals surface area contributed by atoms with Crippen LogP contribution in [0.25, 0.3) is 0 Å². The molecule has 2 aliphatic rings. The van der Waals surface area contributed by atoms with Crippen molar-refractivity contribution in [1.82, 2.24) is 20.8 Å². The predicted octanol–water partition coefficient (Wildman–Crippen LogP) is 2.92. The quantitative estimate of drug-likeness (QED) is 0.715. The van der Waals surface area contributed by atoms with Gasteiger partial charge in [0.15, 0.2) is 11.5 Å². The van der Waals surface area contributed by atoms with Crippen LogP contribution in [-0.4, -0.2) is 53.9 Å². The number of hydrogen-bond donors (Lipinski definition) is 2.